The highest BCUT2D eigenvalue weighted by atomic mass is 16.4. The van der Waals surface area contributed by atoms with Gasteiger partial charge in [-0.05, 0) is 24.3 Å². The Morgan fingerprint density at radius 3 is 2.63 bits per heavy atom. The number of carbonyl (C=O) groups is 3. The lowest BCUT2D eigenvalue weighted by Gasteiger charge is -2.33. The van der Waals surface area contributed by atoms with Crippen LogP contribution in [0.1, 0.15) is 24.8 Å². The maximum atomic E-state index is 12.7. The van der Waals surface area contributed by atoms with Gasteiger partial charge in [0.15, 0.2) is 5.96 Å². The Labute approximate surface area is 175 Å². The van der Waals surface area contributed by atoms with Crippen LogP contribution in [0.4, 0.5) is 0 Å². The number of aliphatic carboxylic acids is 1. The van der Waals surface area contributed by atoms with Crippen LogP contribution in [0.2, 0.25) is 0 Å². The fourth-order valence-corrected chi connectivity index (χ4v) is 3.48. The van der Waals surface area contributed by atoms with Gasteiger partial charge < -0.3 is 31.7 Å². The highest BCUT2D eigenvalue weighted by Gasteiger charge is 2.26. The van der Waals surface area contributed by atoms with Gasteiger partial charge in [0.2, 0.25) is 11.8 Å². The lowest BCUT2D eigenvalue weighted by Crippen LogP contribution is -2.49. The maximum absolute atomic E-state index is 12.7. The van der Waals surface area contributed by atoms with Crippen molar-refractivity contribution >= 4 is 23.7 Å². The molecule has 1 saturated heterocycles. The van der Waals surface area contributed by atoms with Crippen LogP contribution in [-0.4, -0.2) is 70.9 Å². The first kappa shape index (κ1) is 23.1. The second-order valence-electron chi connectivity index (χ2n) is 7.53. The number of carbonyl (C=O) groups excluding carboxylic acids is 2. The average molecular weight is 418 g/mol. The third-order valence-corrected chi connectivity index (χ3v) is 5.02. The number of hydrogen-bond donors (Lipinski definition) is 5. The average Bonchev–Trinajstić information content (AvgIpc) is 2.71. The van der Waals surface area contributed by atoms with Gasteiger partial charge in [-0.1, -0.05) is 30.3 Å². The first-order valence-electron chi connectivity index (χ1n) is 9.92. The van der Waals surface area contributed by atoms with Gasteiger partial charge >= 0.3 is 5.97 Å². The number of carboxylic acids is 1. The molecule has 30 heavy (non-hydrogen) atoms. The zero-order valence-corrected chi connectivity index (χ0v) is 16.9. The monoisotopic (exact) mass is 418 g/mol. The maximum Gasteiger partial charge on any atom is 0.323 e. The molecule has 0 bridgehead atoms. The Bertz CT molecular complexity index is 757. The molecule has 0 spiro atoms. The van der Waals surface area contributed by atoms with E-state index in [0.717, 1.165) is 29.8 Å². The van der Waals surface area contributed by atoms with Crippen LogP contribution in [-0.2, 0) is 20.9 Å². The number of nitrogens with zero attached hydrogens (tertiary/aromatic N) is 2. The van der Waals surface area contributed by atoms with E-state index >= 15 is 0 Å². The van der Waals surface area contributed by atoms with Crippen LogP contribution in [0.25, 0.3) is 0 Å². The van der Waals surface area contributed by atoms with E-state index in [0.29, 0.717) is 13.1 Å². The van der Waals surface area contributed by atoms with Crippen LogP contribution in [0, 0.1) is 11.3 Å². The standard InChI is InChI=1S/C20H30N6O4/c21-16(9-17(27)24-10-15-7-4-8-25(12-15)20(22)23)19(30)26(13-18(28)29)11-14-5-2-1-3-6-14/h1-3,5-6,15-16H,4,7-13,21H2,(H3,22,23)(H,24,27)(H,28,29)/t15-,16-/m0/s1. The van der Waals surface area contributed by atoms with Crippen molar-refractivity contribution in [2.45, 2.75) is 31.8 Å². The molecule has 1 aromatic rings. The summed E-state index contributed by atoms with van der Waals surface area (Å²) in [5.74, 6) is -1.92. The topological polar surface area (TPSA) is 166 Å². The Morgan fingerprint density at radius 2 is 2.00 bits per heavy atom. The van der Waals surface area contributed by atoms with Gasteiger partial charge in [0.25, 0.3) is 0 Å². The molecule has 0 saturated carbocycles. The Balaban J connectivity index is 1.86. The van der Waals surface area contributed by atoms with Crippen molar-refractivity contribution in [1.29, 1.82) is 5.41 Å². The molecule has 2 atom stereocenters. The first-order valence-corrected chi connectivity index (χ1v) is 9.92. The molecule has 1 aliphatic rings. The molecule has 0 radical (unpaired) electrons. The van der Waals surface area contributed by atoms with E-state index < -0.39 is 24.5 Å². The van der Waals surface area contributed by atoms with Crippen molar-refractivity contribution < 1.29 is 19.5 Å². The number of amides is 2. The minimum Gasteiger partial charge on any atom is -0.480 e. The number of hydrogen-bond acceptors (Lipinski definition) is 5. The molecule has 0 aromatic heterocycles. The van der Waals surface area contributed by atoms with Gasteiger partial charge in [0.05, 0.1) is 12.5 Å². The summed E-state index contributed by atoms with van der Waals surface area (Å²) in [6.07, 6.45) is 1.58. The van der Waals surface area contributed by atoms with E-state index in [9.17, 15) is 14.4 Å². The lowest BCUT2D eigenvalue weighted by molar-refractivity contribution is -0.145. The van der Waals surface area contributed by atoms with Gasteiger partial charge in [-0.3, -0.25) is 19.8 Å². The van der Waals surface area contributed by atoms with Crippen molar-refractivity contribution in [3.8, 4) is 0 Å². The molecule has 7 N–H and O–H groups in total. The lowest BCUT2D eigenvalue weighted by atomic mass is 9.98. The fourth-order valence-electron chi connectivity index (χ4n) is 3.48. The number of nitrogens with one attached hydrogen (secondary N) is 2. The quantitative estimate of drug-likeness (QED) is 0.267. The van der Waals surface area contributed by atoms with E-state index in [1.165, 1.54) is 0 Å². The van der Waals surface area contributed by atoms with Crippen LogP contribution >= 0.6 is 0 Å². The molecule has 1 aliphatic heterocycles. The van der Waals surface area contributed by atoms with Gasteiger partial charge in [0, 0.05) is 26.2 Å². The summed E-state index contributed by atoms with van der Waals surface area (Å²) in [6.45, 7) is 1.35. The van der Waals surface area contributed by atoms with Crippen LogP contribution in [0.15, 0.2) is 30.3 Å². The molecule has 10 nitrogen and oxygen atoms in total. The van der Waals surface area contributed by atoms with Gasteiger partial charge in [0.1, 0.15) is 6.54 Å². The molecule has 164 valence electrons. The SMILES string of the molecule is N=C(N)N1CCC[C@@H](CNC(=O)C[C@H](N)C(=O)N(CC(=O)O)Cc2ccccc2)C1. The van der Waals surface area contributed by atoms with E-state index in [1.54, 1.807) is 29.2 Å². The summed E-state index contributed by atoms with van der Waals surface area (Å²) in [5.41, 5.74) is 12.2. The number of guanidine groups is 1. The van der Waals surface area contributed by atoms with Crippen molar-refractivity contribution in [3.63, 3.8) is 0 Å². The van der Waals surface area contributed by atoms with Gasteiger partial charge in [-0.15, -0.1) is 0 Å². The van der Waals surface area contributed by atoms with Gasteiger partial charge in [-0.25, -0.2) is 0 Å². The second-order valence-corrected chi connectivity index (χ2v) is 7.53. The zero-order valence-electron chi connectivity index (χ0n) is 16.9. The van der Waals surface area contributed by atoms with E-state index in [4.69, 9.17) is 22.0 Å². The Morgan fingerprint density at radius 1 is 1.30 bits per heavy atom. The summed E-state index contributed by atoms with van der Waals surface area (Å²) in [5, 5.41) is 19.4. The highest BCUT2D eigenvalue weighted by molar-refractivity contribution is 5.89. The van der Waals surface area contributed by atoms with E-state index in [1.807, 2.05) is 6.07 Å². The summed E-state index contributed by atoms with van der Waals surface area (Å²) < 4.78 is 0. The predicted molar refractivity (Wildman–Crippen MR) is 111 cm³/mol. The number of likely N-dealkylation sites (tertiary alicyclic amines) is 1. The number of carboxylic acid groups (broad SMARTS) is 1. The number of piperidine rings is 1. The first-order chi connectivity index (χ1) is 14.3. The zero-order chi connectivity index (χ0) is 22.1. The summed E-state index contributed by atoms with van der Waals surface area (Å²) >= 11 is 0. The van der Waals surface area contributed by atoms with Crippen LogP contribution < -0.4 is 16.8 Å². The van der Waals surface area contributed by atoms with Crippen molar-refractivity contribution in [1.82, 2.24) is 15.1 Å². The summed E-state index contributed by atoms with van der Waals surface area (Å²) in [6, 6.07) is 7.86. The minimum absolute atomic E-state index is 0.0237. The molecule has 1 aromatic carbocycles. The van der Waals surface area contributed by atoms with Crippen molar-refractivity contribution in [2.24, 2.45) is 17.4 Å². The summed E-state index contributed by atoms with van der Waals surface area (Å²) in [7, 11) is 0. The molecular weight excluding hydrogens is 388 g/mol. The Hall–Kier alpha value is -3.14. The number of nitrogens with two attached hydrogens (primary N) is 2. The predicted octanol–water partition coefficient (Wildman–Crippen LogP) is -0.461. The summed E-state index contributed by atoms with van der Waals surface area (Å²) in [4.78, 5) is 39.0. The van der Waals surface area contributed by atoms with Crippen LogP contribution in [0.3, 0.4) is 0 Å². The third-order valence-electron chi connectivity index (χ3n) is 5.02. The molecular formula is C20H30N6O4. The Kier molecular flexibility index (Phi) is 8.60. The third kappa shape index (κ3) is 7.36. The van der Waals surface area contributed by atoms with Crippen LogP contribution in [0.5, 0.6) is 0 Å². The molecule has 10 heteroatoms. The molecule has 1 heterocycles. The molecule has 1 fully saturated rings. The number of benzene rings is 1. The highest BCUT2D eigenvalue weighted by Crippen LogP contribution is 2.15. The van der Waals surface area contributed by atoms with Crippen molar-refractivity contribution in [3.05, 3.63) is 35.9 Å². The minimum atomic E-state index is -1.15. The molecule has 2 amide bonds. The smallest absolute Gasteiger partial charge is 0.323 e. The van der Waals surface area contributed by atoms with Gasteiger partial charge in [-0.2, -0.15) is 0 Å². The largest absolute Gasteiger partial charge is 0.480 e. The molecule has 0 unspecified atom stereocenters. The molecule has 2 rings (SSSR count). The fraction of sp³-hybridized carbons (Fsp3) is 0.500. The van der Waals surface area contributed by atoms with E-state index in [-0.39, 0.29) is 30.8 Å². The second kappa shape index (κ2) is 11.1. The normalized spacial score (nSPS) is 17.1. The molecule has 0 aliphatic carbocycles. The van der Waals surface area contributed by atoms with E-state index in [2.05, 4.69) is 5.32 Å². The van der Waals surface area contributed by atoms with Crippen molar-refractivity contribution in [2.75, 3.05) is 26.2 Å². The number of rotatable bonds is 9.